The zero-order chi connectivity index (χ0) is 11.3. The number of carbonyl (C=O) groups excluding carboxylic acids is 1. The Bertz CT molecular complexity index is 342. The van der Waals surface area contributed by atoms with Gasteiger partial charge in [-0.25, -0.2) is 4.79 Å². The minimum absolute atomic E-state index is 0.228. The number of esters is 1. The van der Waals surface area contributed by atoms with Crippen molar-refractivity contribution in [3.8, 4) is 0 Å². The van der Waals surface area contributed by atoms with E-state index in [1.807, 2.05) is 12.1 Å². The van der Waals surface area contributed by atoms with Gasteiger partial charge in [0.1, 0.15) is 0 Å². The van der Waals surface area contributed by atoms with Gasteiger partial charge in [0, 0.05) is 0 Å². The highest BCUT2D eigenvalue weighted by Gasteiger charge is 2.13. The third-order valence-corrected chi connectivity index (χ3v) is 2.56. The summed E-state index contributed by atoms with van der Waals surface area (Å²) < 4.78 is 4.78. The molecule has 0 radical (unpaired) electrons. The van der Waals surface area contributed by atoms with Crippen molar-refractivity contribution in [1.82, 2.24) is 0 Å². The lowest BCUT2D eigenvalue weighted by Crippen LogP contribution is -2.08. The first kappa shape index (κ1) is 11.8. The quantitative estimate of drug-likeness (QED) is 0.708. The van der Waals surface area contributed by atoms with Crippen molar-refractivity contribution in [2.45, 2.75) is 33.1 Å². The molecule has 0 aromatic heterocycles. The Labute approximate surface area is 91.3 Å². The molecule has 0 aliphatic carbocycles. The number of methoxy groups -OCH3 is 1. The van der Waals surface area contributed by atoms with E-state index in [2.05, 4.69) is 19.9 Å². The second-order valence-corrected chi connectivity index (χ2v) is 3.54. The molecule has 0 atom stereocenters. The van der Waals surface area contributed by atoms with Gasteiger partial charge in [-0.05, 0) is 30.0 Å². The minimum Gasteiger partial charge on any atom is -0.465 e. The van der Waals surface area contributed by atoms with Crippen LogP contribution in [0, 0.1) is 0 Å². The number of aryl methyl sites for hydroxylation is 1. The van der Waals surface area contributed by atoms with Gasteiger partial charge >= 0.3 is 5.97 Å². The lowest BCUT2D eigenvalue weighted by atomic mass is 9.96. The second-order valence-electron chi connectivity index (χ2n) is 3.54. The number of hydrogen-bond donors (Lipinski definition) is 0. The van der Waals surface area contributed by atoms with Crippen LogP contribution in [0.15, 0.2) is 18.2 Å². The zero-order valence-corrected chi connectivity index (χ0v) is 9.67. The van der Waals surface area contributed by atoms with Crippen LogP contribution >= 0.6 is 0 Å². The first-order chi connectivity index (χ1) is 7.24. The Kier molecular flexibility index (Phi) is 4.35. The van der Waals surface area contributed by atoms with E-state index in [1.54, 1.807) is 0 Å². The predicted octanol–water partition coefficient (Wildman–Crippen LogP) is 2.99. The van der Waals surface area contributed by atoms with Crippen LogP contribution in [-0.2, 0) is 17.6 Å². The summed E-state index contributed by atoms with van der Waals surface area (Å²) >= 11 is 0. The average molecular weight is 206 g/mol. The molecule has 82 valence electrons. The fraction of sp³-hybridized carbons (Fsp3) is 0.462. The number of rotatable bonds is 4. The maximum Gasteiger partial charge on any atom is 0.338 e. The van der Waals surface area contributed by atoms with Gasteiger partial charge in [0.05, 0.1) is 12.7 Å². The van der Waals surface area contributed by atoms with Crippen LogP contribution in [0.3, 0.4) is 0 Å². The van der Waals surface area contributed by atoms with Crippen LogP contribution in [0.4, 0.5) is 0 Å². The van der Waals surface area contributed by atoms with E-state index in [1.165, 1.54) is 12.7 Å². The van der Waals surface area contributed by atoms with Crippen LogP contribution in [0.2, 0.25) is 0 Å². The van der Waals surface area contributed by atoms with Crippen molar-refractivity contribution in [2.24, 2.45) is 0 Å². The van der Waals surface area contributed by atoms with Gasteiger partial charge in [-0.1, -0.05) is 32.4 Å². The molecule has 2 nitrogen and oxygen atoms in total. The molecule has 1 aromatic carbocycles. The fourth-order valence-electron chi connectivity index (χ4n) is 1.81. The molecule has 2 heteroatoms. The summed E-state index contributed by atoms with van der Waals surface area (Å²) in [6.07, 6.45) is 2.94. The summed E-state index contributed by atoms with van der Waals surface area (Å²) in [6, 6.07) is 5.84. The van der Waals surface area contributed by atoms with Crippen LogP contribution in [0.5, 0.6) is 0 Å². The van der Waals surface area contributed by atoms with Crippen LogP contribution < -0.4 is 0 Å². The molecule has 0 aliphatic heterocycles. The molecule has 15 heavy (non-hydrogen) atoms. The van der Waals surface area contributed by atoms with E-state index in [9.17, 15) is 4.79 Å². The third kappa shape index (κ3) is 2.58. The lowest BCUT2D eigenvalue weighted by Gasteiger charge is -2.11. The molecular weight excluding hydrogens is 188 g/mol. The highest BCUT2D eigenvalue weighted by Crippen LogP contribution is 2.18. The standard InChI is InChI=1S/C13H18O2/c1-4-7-11-10(5-2)8-6-9-12(11)13(14)15-3/h6,8-9H,4-5,7H2,1-3H3. The summed E-state index contributed by atoms with van der Waals surface area (Å²) in [5.41, 5.74) is 3.12. The molecule has 0 unspecified atom stereocenters. The average Bonchev–Trinajstić information content (AvgIpc) is 2.28. The van der Waals surface area contributed by atoms with E-state index in [0.29, 0.717) is 0 Å². The maximum atomic E-state index is 11.6. The molecule has 1 aromatic rings. The van der Waals surface area contributed by atoms with Crippen molar-refractivity contribution in [2.75, 3.05) is 7.11 Å². The molecule has 1 rings (SSSR count). The van der Waals surface area contributed by atoms with Crippen LogP contribution in [0.1, 0.15) is 41.8 Å². The van der Waals surface area contributed by atoms with Crippen molar-refractivity contribution >= 4 is 5.97 Å². The molecule has 0 aliphatic rings. The Hall–Kier alpha value is -1.31. The monoisotopic (exact) mass is 206 g/mol. The number of ether oxygens (including phenoxy) is 1. The van der Waals surface area contributed by atoms with Crippen molar-refractivity contribution in [1.29, 1.82) is 0 Å². The molecule has 0 bridgehead atoms. The Balaban J connectivity index is 3.18. The Morgan fingerprint density at radius 3 is 2.60 bits per heavy atom. The molecule has 0 fully saturated rings. The van der Waals surface area contributed by atoms with Gasteiger partial charge in [-0.3, -0.25) is 0 Å². The van der Waals surface area contributed by atoms with Crippen LogP contribution in [-0.4, -0.2) is 13.1 Å². The molecule has 0 saturated carbocycles. The first-order valence-electron chi connectivity index (χ1n) is 5.43. The van der Waals surface area contributed by atoms with Gasteiger partial charge in [0.25, 0.3) is 0 Å². The van der Waals surface area contributed by atoms with Crippen molar-refractivity contribution in [3.05, 3.63) is 34.9 Å². The third-order valence-electron chi connectivity index (χ3n) is 2.56. The topological polar surface area (TPSA) is 26.3 Å². The van der Waals surface area contributed by atoms with E-state index >= 15 is 0 Å². The highest BCUT2D eigenvalue weighted by molar-refractivity contribution is 5.91. The predicted molar refractivity (Wildman–Crippen MR) is 61.2 cm³/mol. The Morgan fingerprint density at radius 1 is 1.33 bits per heavy atom. The smallest absolute Gasteiger partial charge is 0.338 e. The normalized spacial score (nSPS) is 10.1. The van der Waals surface area contributed by atoms with Crippen molar-refractivity contribution in [3.63, 3.8) is 0 Å². The summed E-state index contributed by atoms with van der Waals surface area (Å²) in [6.45, 7) is 4.23. The SMILES string of the molecule is CCCc1c(CC)cccc1C(=O)OC. The molecule has 0 N–H and O–H groups in total. The Morgan fingerprint density at radius 2 is 2.07 bits per heavy atom. The summed E-state index contributed by atoms with van der Waals surface area (Å²) in [5, 5.41) is 0. The molecule has 0 spiro atoms. The summed E-state index contributed by atoms with van der Waals surface area (Å²) in [5.74, 6) is -0.228. The summed E-state index contributed by atoms with van der Waals surface area (Å²) in [4.78, 5) is 11.6. The molecule has 0 heterocycles. The van der Waals surface area contributed by atoms with Gasteiger partial charge < -0.3 is 4.74 Å². The van der Waals surface area contributed by atoms with Gasteiger partial charge in [0.15, 0.2) is 0 Å². The van der Waals surface area contributed by atoms with Crippen LogP contribution in [0.25, 0.3) is 0 Å². The molecular formula is C13H18O2. The highest BCUT2D eigenvalue weighted by atomic mass is 16.5. The maximum absolute atomic E-state index is 11.6. The second kappa shape index (κ2) is 5.54. The van der Waals surface area contributed by atoms with E-state index in [0.717, 1.165) is 30.4 Å². The number of hydrogen-bond acceptors (Lipinski definition) is 2. The van der Waals surface area contributed by atoms with E-state index in [-0.39, 0.29) is 5.97 Å². The molecule has 0 saturated heterocycles. The van der Waals surface area contributed by atoms with E-state index < -0.39 is 0 Å². The largest absolute Gasteiger partial charge is 0.465 e. The van der Waals surface area contributed by atoms with Gasteiger partial charge in [-0.15, -0.1) is 0 Å². The summed E-state index contributed by atoms with van der Waals surface area (Å²) in [7, 11) is 1.43. The zero-order valence-electron chi connectivity index (χ0n) is 9.67. The van der Waals surface area contributed by atoms with Gasteiger partial charge in [-0.2, -0.15) is 0 Å². The van der Waals surface area contributed by atoms with Gasteiger partial charge in [0.2, 0.25) is 0 Å². The van der Waals surface area contributed by atoms with E-state index in [4.69, 9.17) is 4.74 Å². The molecule has 0 amide bonds. The van der Waals surface area contributed by atoms with Crippen molar-refractivity contribution < 1.29 is 9.53 Å². The number of benzene rings is 1. The lowest BCUT2D eigenvalue weighted by molar-refractivity contribution is 0.0599. The fourth-order valence-corrected chi connectivity index (χ4v) is 1.81. The minimum atomic E-state index is -0.228. The number of carbonyl (C=O) groups is 1. The first-order valence-corrected chi connectivity index (χ1v) is 5.43.